The maximum absolute atomic E-state index is 13.9. The molecule has 1 heterocycles. The summed E-state index contributed by atoms with van der Waals surface area (Å²) in [5, 5.41) is 14.1. The molecular formula is C14H19ClFNO. The van der Waals surface area contributed by atoms with Gasteiger partial charge < -0.3 is 10.4 Å². The van der Waals surface area contributed by atoms with Crippen LogP contribution in [0.1, 0.15) is 25.3 Å². The molecule has 0 amide bonds. The largest absolute Gasteiger partial charge is 0.389 e. The van der Waals surface area contributed by atoms with Gasteiger partial charge in [-0.1, -0.05) is 30.7 Å². The molecule has 2 N–H and O–H groups in total. The number of hydrogen-bond acceptors (Lipinski definition) is 2. The van der Waals surface area contributed by atoms with Gasteiger partial charge in [-0.2, -0.15) is 0 Å². The summed E-state index contributed by atoms with van der Waals surface area (Å²) in [5.41, 5.74) is -0.323. The molecule has 2 atom stereocenters. The zero-order chi connectivity index (χ0) is 13.2. The van der Waals surface area contributed by atoms with E-state index < -0.39 is 11.4 Å². The normalized spacial score (nSPS) is 28.3. The predicted molar refractivity (Wildman–Crippen MR) is 71.3 cm³/mol. The van der Waals surface area contributed by atoms with Gasteiger partial charge in [0.15, 0.2) is 0 Å². The number of halogens is 2. The van der Waals surface area contributed by atoms with Crippen molar-refractivity contribution in [3.63, 3.8) is 0 Å². The minimum atomic E-state index is -0.828. The standard InChI is InChI=1S/C14H19ClFNO/c1-2-11-9-17-7-6-14(11,18)8-10-4-3-5-12(15)13(10)16/h3-5,11,17-18H,2,6-9H2,1H3. The van der Waals surface area contributed by atoms with Crippen LogP contribution in [0, 0.1) is 11.7 Å². The molecule has 0 aliphatic carbocycles. The van der Waals surface area contributed by atoms with Crippen molar-refractivity contribution >= 4 is 11.6 Å². The Labute approximate surface area is 112 Å². The summed E-state index contributed by atoms with van der Waals surface area (Å²) in [5.74, 6) is -0.245. The number of rotatable bonds is 3. The van der Waals surface area contributed by atoms with E-state index in [2.05, 4.69) is 12.2 Å². The molecule has 2 unspecified atom stereocenters. The fourth-order valence-corrected chi connectivity index (χ4v) is 2.94. The topological polar surface area (TPSA) is 32.3 Å². The molecule has 0 bridgehead atoms. The first-order valence-electron chi connectivity index (χ1n) is 6.43. The average molecular weight is 272 g/mol. The molecule has 2 rings (SSSR count). The number of hydrogen-bond donors (Lipinski definition) is 2. The van der Waals surface area contributed by atoms with Crippen molar-refractivity contribution in [2.45, 2.75) is 31.8 Å². The highest BCUT2D eigenvalue weighted by Gasteiger charge is 2.38. The smallest absolute Gasteiger partial charge is 0.145 e. The second kappa shape index (κ2) is 5.55. The van der Waals surface area contributed by atoms with Crippen molar-refractivity contribution < 1.29 is 9.50 Å². The Kier molecular flexibility index (Phi) is 4.25. The van der Waals surface area contributed by atoms with Crippen LogP contribution in [0.3, 0.4) is 0 Å². The van der Waals surface area contributed by atoms with Gasteiger partial charge >= 0.3 is 0 Å². The lowest BCUT2D eigenvalue weighted by atomic mass is 9.76. The number of piperidine rings is 1. The van der Waals surface area contributed by atoms with Crippen molar-refractivity contribution in [3.05, 3.63) is 34.6 Å². The maximum Gasteiger partial charge on any atom is 0.145 e. The lowest BCUT2D eigenvalue weighted by Gasteiger charge is -2.40. The number of aliphatic hydroxyl groups is 1. The molecule has 2 nitrogen and oxygen atoms in total. The highest BCUT2D eigenvalue weighted by molar-refractivity contribution is 6.30. The summed E-state index contributed by atoms with van der Waals surface area (Å²) in [7, 11) is 0. The number of benzene rings is 1. The summed E-state index contributed by atoms with van der Waals surface area (Å²) in [4.78, 5) is 0. The van der Waals surface area contributed by atoms with Gasteiger partial charge in [-0.15, -0.1) is 0 Å². The maximum atomic E-state index is 13.9. The second-order valence-corrected chi connectivity index (χ2v) is 5.46. The molecular weight excluding hydrogens is 253 g/mol. The SMILES string of the molecule is CCC1CNCCC1(O)Cc1cccc(Cl)c1F. The Balaban J connectivity index is 2.23. The molecule has 1 aromatic rings. The zero-order valence-corrected chi connectivity index (χ0v) is 11.3. The first-order chi connectivity index (χ1) is 8.57. The Morgan fingerprint density at radius 3 is 3.06 bits per heavy atom. The molecule has 0 aromatic heterocycles. The third-order valence-corrected chi connectivity index (χ3v) is 4.20. The molecule has 1 aliphatic heterocycles. The van der Waals surface area contributed by atoms with E-state index in [4.69, 9.17) is 11.6 Å². The van der Waals surface area contributed by atoms with Crippen molar-refractivity contribution in [1.82, 2.24) is 5.32 Å². The number of nitrogens with one attached hydrogen (secondary N) is 1. The highest BCUT2D eigenvalue weighted by Crippen LogP contribution is 2.32. The average Bonchev–Trinajstić information content (AvgIpc) is 2.35. The van der Waals surface area contributed by atoms with Crippen LogP contribution >= 0.6 is 11.6 Å². The van der Waals surface area contributed by atoms with Gasteiger partial charge in [0.05, 0.1) is 10.6 Å². The molecule has 0 spiro atoms. The second-order valence-electron chi connectivity index (χ2n) is 5.05. The summed E-state index contributed by atoms with van der Waals surface area (Å²) >= 11 is 5.78. The van der Waals surface area contributed by atoms with Crippen LogP contribution in [-0.2, 0) is 6.42 Å². The molecule has 4 heteroatoms. The Bertz CT molecular complexity index is 426. The minimum Gasteiger partial charge on any atom is -0.389 e. The lowest BCUT2D eigenvalue weighted by molar-refractivity contribution is -0.0419. The third-order valence-electron chi connectivity index (χ3n) is 3.91. The third kappa shape index (κ3) is 2.68. The van der Waals surface area contributed by atoms with E-state index in [1.807, 2.05) is 0 Å². The highest BCUT2D eigenvalue weighted by atomic mass is 35.5. The molecule has 100 valence electrons. The van der Waals surface area contributed by atoms with Gasteiger partial charge in [0, 0.05) is 18.9 Å². The summed E-state index contributed by atoms with van der Waals surface area (Å²) in [6.45, 7) is 3.61. The van der Waals surface area contributed by atoms with Gasteiger partial charge in [0.1, 0.15) is 5.82 Å². The lowest BCUT2D eigenvalue weighted by Crippen LogP contribution is -2.51. The Hall–Kier alpha value is -0.640. The first kappa shape index (κ1) is 13.8. The summed E-state index contributed by atoms with van der Waals surface area (Å²) in [6, 6.07) is 4.96. The van der Waals surface area contributed by atoms with Crippen LogP contribution < -0.4 is 5.32 Å². The van der Waals surface area contributed by atoms with Crippen LogP contribution in [0.4, 0.5) is 4.39 Å². The van der Waals surface area contributed by atoms with Crippen LogP contribution in [-0.4, -0.2) is 23.8 Å². The van der Waals surface area contributed by atoms with Crippen molar-refractivity contribution in [3.8, 4) is 0 Å². The van der Waals surface area contributed by atoms with E-state index in [-0.39, 0.29) is 10.9 Å². The van der Waals surface area contributed by atoms with E-state index in [1.165, 1.54) is 6.07 Å². The fraction of sp³-hybridized carbons (Fsp3) is 0.571. The van der Waals surface area contributed by atoms with E-state index in [1.54, 1.807) is 12.1 Å². The van der Waals surface area contributed by atoms with Gasteiger partial charge in [-0.3, -0.25) is 0 Å². The van der Waals surface area contributed by atoms with Crippen molar-refractivity contribution in [2.75, 3.05) is 13.1 Å². The van der Waals surface area contributed by atoms with Crippen LogP contribution in [0.2, 0.25) is 5.02 Å². The fourth-order valence-electron chi connectivity index (χ4n) is 2.75. The molecule has 18 heavy (non-hydrogen) atoms. The van der Waals surface area contributed by atoms with Crippen LogP contribution in [0.5, 0.6) is 0 Å². The summed E-state index contributed by atoms with van der Waals surface area (Å²) in [6.07, 6.45) is 1.86. The van der Waals surface area contributed by atoms with Crippen molar-refractivity contribution in [2.24, 2.45) is 5.92 Å². The Morgan fingerprint density at radius 2 is 2.33 bits per heavy atom. The molecule has 1 aliphatic rings. The van der Waals surface area contributed by atoms with E-state index in [0.29, 0.717) is 18.4 Å². The van der Waals surface area contributed by atoms with E-state index in [0.717, 1.165) is 19.5 Å². The monoisotopic (exact) mass is 271 g/mol. The predicted octanol–water partition coefficient (Wildman–Crippen LogP) is 2.77. The molecule has 1 saturated heterocycles. The van der Waals surface area contributed by atoms with Crippen molar-refractivity contribution in [1.29, 1.82) is 0 Å². The molecule has 1 aromatic carbocycles. The summed E-state index contributed by atoms with van der Waals surface area (Å²) < 4.78 is 13.9. The van der Waals surface area contributed by atoms with Crippen LogP contribution in [0.15, 0.2) is 18.2 Å². The van der Waals surface area contributed by atoms with Gasteiger partial charge in [0.2, 0.25) is 0 Å². The van der Waals surface area contributed by atoms with Crippen LogP contribution in [0.25, 0.3) is 0 Å². The molecule has 1 fully saturated rings. The zero-order valence-electron chi connectivity index (χ0n) is 10.5. The molecule has 0 saturated carbocycles. The van der Waals surface area contributed by atoms with Gasteiger partial charge in [-0.25, -0.2) is 4.39 Å². The first-order valence-corrected chi connectivity index (χ1v) is 6.80. The molecule has 0 radical (unpaired) electrons. The Morgan fingerprint density at radius 1 is 1.56 bits per heavy atom. The van der Waals surface area contributed by atoms with E-state index >= 15 is 0 Å². The van der Waals surface area contributed by atoms with E-state index in [9.17, 15) is 9.50 Å². The van der Waals surface area contributed by atoms with Gasteiger partial charge in [-0.05, 0) is 31.0 Å². The minimum absolute atomic E-state index is 0.123. The quantitative estimate of drug-likeness (QED) is 0.886. The van der Waals surface area contributed by atoms with Gasteiger partial charge in [0.25, 0.3) is 0 Å².